The first-order valence-electron chi connectivity index (χ1n) is 10.2. The molecule has 1 fully saturated rings. The largest absolute Gasteiger partial charge is 0.459 e. The fourth-order valence-electron chi connectivity index (χ4n) is 3.73. The van der Waals surface area contributed by atoms with E-state index >= 15 is 0 Å². The lowest BCUT2D eigenvalue weighted by atomic mass is 9.87. The highest BCUT2D eigenvalue weighted by atomic mass is 16.5. The third kappa shape index (κ3) is 5.09. The van der Waals surface area contributed by atoms with Crippen molar-refractivity contribution in [3.63, 3.8) is 0 Å². The molecule has 30 heavy (non-hydrogen) atoms. The van der Waals surface area contributed by atoms with Crippen molar-refractivity contribution in [3.05, 3.63) is 53.5 Å². The molecule has 0 atom stereocenters. The molecule has 3 rings (SSSR count). The van der Waals surface area contributed by atoms with Gasteiger partial charge in [-0.2, -0.15) is 0 Å². The number of ether oxygens (including phenoxy) is 1. The number of carbonyl (C=O) groups excluding carboxylic acids is 3. The number of carbonyl (C=O) groups is 3. The van der Waals surface area contributed by atoms with E-state index in [0.717, 1.165) is 25.7 Å². The Morgan fingerprint density at radius 1 is 1.13 bits per heavy atom. The molecular weight excluding hydrogens is 384 g/mol. The van der Waals surface area contributed by atoms with Gasteiger partial charge in [0.25, 0.3) is 11.8 Å². The number of benzene rings is 1. The number of rotatable bonds is 6. The van der Waals surface area contributed by atoms with E-state index < -0.39 is 11.9 Å². The molecule has 0 saturated heterocycles. The van der Waals surface area contributed by atoms with Crippen molar-refractivity contribution in [2.24, 2.45) is 5.92 Å². The lowest BCUT2D eigenvalue weighted by molar-refractivity contribution is -0.136. The molecule has 2 aromatic rings. The second-order valence-corrected chi connectivity index (χ2v) is 7.92. The predicted molar refractivity (Wildman–Crippen MR) is 112 cm³/mol. The lowest BCUT2D eigenvalue weighted by Crippen LogP contribution is -2.41. The Morgan fingerprint density at radius 2 is 1.87 bits per heavy atom. The van der Waals surface area contributed by atoms with Crippen LogP contribution < -0.4 is 5.32 Å². The Morgan fingerprint density at radius 3 is 2.53 bits per heavy atom. The third-order valence-corrected chi connectivity index (χ3v) is 5.73. The topological polar surface area (TPSA) is 88.9 Å². The first-order valence-corrected chi connectivity index (χ1v) is 10.2. The summed E-state index contributed by atoms with van der Waals surface area (Å²) in [5.74, 6) is -0.523. The van der Waals surface area contributed by atoms with Crippen molar-refractivity contribution in [2.45, 2.75) is 45.6 Å². The number of nitrogens with zero attached hydrogens (tertiary/aromatic N) is 1. The van der Waals surface area contributed by atoms with Crippen LogP contribution in [0.25, 0.3) is 0 Å². The highest BCUT2D eigenvalue weighted by Crippen LogP contribution is 2.27. The Balaban J connectivity index is 1.63. The zero-order valence-electron chi connectivity index (χ0n) is 17.6. The number of likely N-dealkylation sites (N-methyl/N-ethyl adjacent to an activating group) is 1. The van der Waals surface area contributed by atoms with Crippen LogP contribution in [0.15, 0.2) is 41.0 Å². The normalized spacial score (nSPS) is 18.5. The van der Waals surface area contributed by atoms with Crippen LogP contribution in [-0.2, 0) is 9.53 Å². The smallest absolute Gasteiger partial charge is 0.340 e. The number of furan rings is 1. The fourth-order valence-corrected chi connectivity index (χ4v) is 3.73. The number of nitrogens with one attached hydrogen (secondary N) is 1. The number of anilines is 1. The highest BCUT2D eigenvalue weighted by Gasteiger charge is 2.26. The second kappa shape index (κ2) is 9.61. The van der Waals surface area contributed by atoms with E-state index in [0.29, 0.717) is 17.2 Å². The number of hydrogen-bond donors (Lipinski definition) is 1. The maximum Gasteiger partial charge on any atom is 0.340 e. The molecule has 0 bridgehead atoms. The summed E-state index contributed by atoms with van der Waals surface area (Å²) in [7, 11) is 1.76. The summed E-state index contributed by atoms with van der Waals surface area (Å²) in [6.07, 6.45) is 5.54. The lowest BCUT2D eigenvalue weighted by Gasteiger charge is -2.33. The fraction of sp³-hybridized carbons (Fsp3) is 0.435. The minimum Gasteiger partial charge on any atom is -0.459 e. The molecule has 0 unspecified atom stereocenters. The number of aryl methyl sites for hydroxylation is 1. The van der Waals surface area contributed by atoms with Gasteiger partial charge in [-0.15, -0.1) is 0 Å². The average molecular weight is 412 g/mol. The first-order chi connectivity index (χ1) is 14.4. The van der Waals surface area contributed by atoms with Gasteiger partial charge in [-0.05, 0) is 62.3 Å². The van der Waals surface area contributed by atoms with E-state index in [2.05, 4.69) is 12.2 Å². The molecule has 0 aliphatic heterocycles. The molecule has 1 N–H and O–H groups in total. The van der Waals surface area contributed by atoms with Crippen molar-refractivity contribution in [1.29, 1.82) is 0 Å². The van der Waals surface area contributed by atoms with Crippen LogP contribution >= 0.6 is 0 Å². The zero-order chi connectivity index (χ0) is 21.7. The van der Waals surface area contributed by atoms with Crippen molar-refractivity contribution < 1.29 is 23.5 Å². The maximum absolute atomic E-state index is 12.7. The van der Waals surface area contributed by atoms with E-state index in [1.807, 2.05) is 0 Å². The second-order valence-electron chi connectivity index (χ2n) is 7.92. The Labute approximate surface area is 176 Å². The number of esters is 1. The van der Waals surface area contributed by atoms with Crippen LogP contribution in [0.4, 0.5) is 5.69 Å². The summed E-state index contributed by atoms with van der Waals surface area (Å²) in [5.41, 5.74) is 1.23. The van der Waals surface area contributed by atoms with Gasteiger partial charge in [0.2, 0.25) is 0 Å². The summed E-state index contributed by atoms with van der Waals surface area (Å²) in [5, 5.41) is 2.70. The average Bonchev–Trinajstić information content (AvgIpc) is 3.28. The predicted octanol–water partition coefficient (Wildman–Crippen LogP) is 4.03. The summed E-state index contributed by atoms with van der Waals surface area (Å²) >= 11 is 0. The van der Waals surface area contributed by atoms with Crippen LogP contribution in [0.3, 0.4) is 0 Å². The Kier molecular flexibility index (Phi) is 6.92. The molecule has 1 aromatic heterocycles. The van der Waals surface area contributed by atoms with Crippen molar-refractivity contribution in [2.75, 3.05) is 19.0 Å². The molecule has 1 saturated carbocycles. The Bertz CT molecular complexity index is 898. The van der Waals surface area contributed by atoms with Crippen LogP contribution in [0.1, 0.15) is 59.1 Å². The van der Waals surface area contributed by atoms with Gasteiger partial charge in [0.15, 0.2) is 12.4 Å². The SMILES string of the molecule is Cc1cccc(C(=O)OCC(=O)N(C)C2CCC(C)CC2)c1NC(=O)c1ccco1. The van der Waals surface area contributed by atoms with Gasteiger partial charge in [-0.3, -0.25) is 9.59 Å². The van der Waals surface area contributed by atoms with Gasteiger partial charge in [0.1, 0.15) is 0 Å². The summed E-state index contributed by atoms with van der Waals surface area (Å²) in [6, 6.07) is 8.37. The summed E-state index contributed by atoms with van der Waals surface area (Å²) < 4.78 is 10.4. The molecule has 1 heterocycles. The van der Waals surface area contributed by atoms with Gasteiger partial charge in [0, 0.05) is 13.1 Å². The summed E-state index contributed by atoms with van der Waals surface area (Å²) in [4.78, 5) is 39.2. The van der Waals surface area contributed by atoms with E-state index in [4.69, 9.17) is 9.15 Å². The van der Waals surface area contributed by atoms with Crippen LogP contribution in [-0.4, -0.2) is 42.4 Å². The van der Waals surface area contributed by atoms with Gasteiger partial charge in [0.05, 0.1) is 17.5 Å². The molecule has 1 aliphatic carbocycles. The highest BCUT2D eigenvalue weighted by molar-refractivity contribution is 6.07. The monoisotopic (exact) mass is 412 g/mol. The van der Waals surface area contributed by atoms with Gasteiger partial charge in [-0.1, -0.05) is 19.1 Å². The molecule has 0 spiro atoms. The molecular formula is C23H28N2O5. The number of hydrogen-bond acceptors (Lipinski definition) is 5. The van der Waals surface area contributed by atoms with Gasteiger partial charge in [-0.25, -0.2) is 4.79 Å². The van der Waals surface area contributed by atoms with Crippen LogP contribution in [0, 0.1) is 12.8 Å². The third-order valence-electron chi connectivity index (χ3n) is 5.73. The minimum atomic E-state index is -0.660. The van der Waals surface area contributed by atoms with E-state index in [1.54, 1.807) is 43.1 Å². The zero-order valence-corrected chi connectivity index (χ0v) is 17.6. The quantitative estimate of drug-likeness (QED) is 0.724. The standard InChI is InChI=1S/C23H28N2O5/c1-15-9-11-17(12-10-15)25(3)20(26)14-30-23(28)18-7-4-6-16(2)21(18)24-22(27)19-8-5-13-29-19/h4-8,13,15,17H,9-12,14H2,1-3H3,(H,24,27). The first kappa shape index (κ1) is 21.6. The van der Waals surface area contributed by atoms with Crippen molar-refractivity contribution >= 4 is 23.5 Å². The molecule has 7 nitrogen and oxygen atoms in total. The van der Waals surface area contributed by atoms with E-state index in [1.165, 1.54) is 12.3 Å². The van der Waals surface area contributed by atoms with Gasteiger partial charge >= 0.3 is 5.97 Å². The van der Waals surface area contributed by atoms with E-state index in [9.17, 15) is 14.4 Å². The minimum absolute atomic E-state index is 0.135. The number of amides is 2. The molecule has 1 aromatic carbocycles. The molecule has 1 aliphatic rings. The van der Waals surface area contributed by atoms with Crippen LogP contribution in [0.2, 0.25) is 0 Å². The van der Waals surface area contributed by atoms with Gasteiger partial charge < -0.3 is 19.4 Å². The van der Waals surface area contributed by atoms with E-state index in [-0.39, 0.29) is 29.9 Å². The molecule has 2 amide bonds. The van der Waals surface area contributed by atoms with Crippen molar-refractivity contribution in [1.82, 2.24) is 4.90 Å². The Hall–Kier alpha value is -3.09. The van der Waals surface area contributed by atoms with Crippen LogP contribution in [0.5, 0.6) is 0 Å². The van der Waals surface area contributed by atoms with Crippen molar-refractivity contribution in [3.8, 4) is 0 Å². The maximum atomic E-state index is 12.7. The summed E-state index contributed by atoms with van der Waals surface area (Å²) in [6.45, 7) is 3.67. The number of para-hydroxylation sites is 1. The molecule has 0 radical (unpaired) electrons. The molecule has 7 heteroatoms. The molecule has 160 valence electrons.